The zero-order chi connectivity index (χ0) is 8.69. The molecule has 0 aliphatic heterocycles. The lowest BCUT2D eigenvalue weighted by Gasteiger charge is -2.10. The Hall–Kier alpha value is -1.05. The molecule has 0 heterocycles. The van der Waals surface area contributed by atoms with Gasteiger partial charge in [-0.05, 0) is 13.8 Å². The number of rotatable bonds is 3. The third-order valence-corrected chi connectivity index (χ3v) is 1.39. The highest BCUT2D eigenvalue weighted by atomic mass is 16.2. The minimum Gasteiger partial charge on any atom is -0.343 e. The van der Waals surface area contributed by atoms with E-state index in [0.717, 1.165) is 6.54 Å². The summed E-state index contributed by atoms with van der Waals surface area (Å²) in [5.74, 6) is 0.0469. The van der Waals surface area contributed by atoms with Crippen molar-refractivity contribution in [2.45, 2.75) is 13.8 Å². The highest BCUT2D eigenvalue weighted by molar-refractivity contribution is 5.87. The van der Waals surface area contributed by atoms with Crippen LogP contribution in [0.3, 0.4) is 0 Å². The van der Waals surface area contributed by atoms with Gasteiger partial charge in [-0.1, -0.05) is 18.2 Å². The van der Waals surface area contributed by atoms with Gasteiger partial charge in [0, 0.05) is 19.7 Å². The van der Waals surface area contributed by atoms with Crippen LogP contribution in [-0.2, 0) is 4.79 Å². The number of allylic oxidation sites excluding steroid dienone is 3. The van der Waals surface area contributed by atoms with E-state index in [1.807, 2.05) is 26.0 Å². The molecule has 0 bridgehead atoms. The van der Waals surface area contributed by atoms with Gasteiger partial charge in [0.15, 0.2) is 0 Å². The zero-order valence-corrected chi connectivity index (χ0v) is 7.37. The van der Waals surface area contributed by atoms with Crippen LogP contribution >= 0.6 is 0 Å². The first-order valence-corrected chi connectivity index (χ1v) is 3.76. The van der Waals surface area contributed by atoms with Crippen molar-refractivity contribution in [2.24, 2.45) is 0 Å². The van der Waals surface area contributed by atoms with E-state index in [-0.39, 0.29) is 5.91 Å². The van der Waals surface area contributed by atoms with Gasteiger partial charge < -0.3 is 4.90 Å². The summed E-state index contributed by atoms with van der Waals surface area (Å²) < 4.78 is 0. The van der Waals surface area contributed by atoms with E-state index in [9.17, 15) is 4.79 Å². The molecule has 0 aromatic heterocycles. The summed E-state index contributed by atoms with van der Waals surface area (Å²) in [6.45, 7) is 4.61. The van der Waals surface area contributed by atoms with Gasteiger partial charge in [0.1, 0.15) is 0 Å². The van der Waals surface area contributed by atoms with Crippen molar-refractivity contribution in [3.63, 3.8) is 0 Å². The van der Waals surface area contributed by atoms with E-state index < -0.39 is 0 Å². The number of hydrogen-bond donors (Lipinski definition) is 0. The van der Waals surface area contributed by atoms with Gasteiger partial charge >= 0.3 is 0 Å². The summed E-state index contributed by atoms with van der Waals surface area (Å²) in [7, 11) is 1.78. The van der Waals surface area contributed by atoms with Crippen LogP contribution in [0.2, 0.25) is 0 Å². The number of likely N-dealkylation sites (N-methyl/N-ethyl adjacent to an activating group) is 1. The second-order valence-corrected chi connectivity index (χ2v) is 2.24. The van der Waals surface area contributed by atoms with E-state index in [2.05, 4.69) is 0 Å². The molecular formula is C9H15NO. The first-order chi connectivity index (χ1) is 5.22. The summed E-state index contributed by atoms with van der Waals surface area (Å²) in [5, 5.41) is 0. The lowest BCUT2D eigenvalue weighted by Crippen LogP contribution is -2.23. The van der Waals surface area contributed by atoms with E-state index in [0.29, 0.717) is 0 Å². The van der Waals surface area contributed by atoms with Gasteiger partial charge in [-0.2, -0.15) is 0 Å². The molecule has 11 heavy (non-hydrogen) atoms. The van der Waals surface area contributed by atoms with Gasteiger partial charge in [-0.25, -0.2) is 0 Å². The molecule has 2 nitrogen and oxygen atoms in total. The molecule has 62 valence electrons. The molecule has 0 aliphatic carbocycles. The normalized spacial score (nSPS) is 11.2. The standard InChI is InChI=1S/C9H15NO/c1-4-6-7-8-9(11)10(3)5-2/h4,6-8H,5H2,1-3H3/b6-4+,8-7+. The summed E-state index contributed by atoms with van der Waals surface area (Å²) in [5.41, 5.74) is 0. The number of hydrogen-bond acceptors (Lipinski definition) is 1. The van der Waals surface area contributed by atoms with E-state index >= 15 is 0 Å². The van der Waals surface area contributed by atoms with Crippen LogP contribution < -0.4 is 0 Å². The molecule has 0 aromatic rings. The van der Waals surface area contributed by atoms with Crippen LogP contribution in [0.5, 0.6) is 0 Å². The fourth-order valence-corrected chi connectivity index (χ4v) is 0.532. The second kappa shape index (κ2) is 5.71. The van der Waals surface area contributed by atoms with E-state index in [1.165, 1.54) is 0 Å². The van der Waals surface area contributed by atoms with Gasteiger partial charge in [0.2, 0.25) is 5.91 Å². The fourth-order valence-electron chi connectivity index (χ4n) is 0.532. The minimum absolute atomic E-state index is 0.0469. The predicted octanol–water partition coefficient (Wildman–Crippen LogP) is 1.60. The highest BCUT2D eigenvalue weighted by Gasteiger charge is 1.98. The monoisotopic (exact) mass is 153 g/mol. The van der Waals surface area contributed by atoms with Gasteiger partial charge in [0.05, 0.1) is 0 Å². The first kappa shape index (κ1) is 9.95. The Kier molecular flexibility index (Phi) is 5.17. The van der Waals surface area contributed by atoms with Crippen LogP contribution in [0, 0.1) is 0 Å². The molecule has 0 atom stereocenters. The van der Waals surface area contributed by atoms with Crippen LogP contribution in [0.1, 0.15) is 13.8 Å². The molecule has 0 radical (unpaired) electrons. The summed E-state index contributed by atoms with van der Waals surface area (Å²) in [6.07, 6.45) is 7.02. The Morgan fingerprint density at radius 3 is 2.55 bits per heavy atom. The maximum Gasteiger partial charge on any atom is 0.246 e. The number of carbonyl (C=O) groups excluding carboxylic acids is 1. The van der Waals surface area contributed by atoms with Crippen molar-refractivity contribution in [3.8, 4) is 0 Å². The maximum absolute atomic E-state index is 11.1. The third kappa shape index (κ3) is 4.37. The van der Waals surface area contributed by atoms with Crippen LogP contribution in [-0.4, -0.2) is 24.4 Å². The summed E-state index contributed by atoms with van der Waals surface area (Å²) in [6, 6.07) is 0. The Morgan fingerprint density at radius 2 is 2.09 bits per heavy atom. The molecule has 0 aliphatic rings. The van der Waals surface area contributed by atoms with Crippen molar-refractivity contribution >= 4 is 5.91 Å². The largest absolute Gasteiger partial charge is 0.343 e. The Balaban J connectivity index is 3.86. The van der Waals surface area contributed by atoms with Gasteiger partial charge in [-0.15, -0.1) is 0 Å². The van der Waals surface area contributed by atoms with Crippen molar-refractivity contribution in [1.82, 2.24) is 4.90 Å². The summed E-state index contributed by atoms with van der Waals surface area (Å²) >= 11 is 0. The smallest absolute Gasteiger partial charge is 0.246 e. The van der Waals surface area contributed by atoms with Crippen molar-refractivity contribution in [3.05, 3.63) is 24.3 Å². The quantitative estimate of drug-likeness (QED) is 0.445. The Labute approximate surface area is 68.2 Å². The Bertz CT molecular complexity index is 170. The minimum atomic E-state index is 0.0469. The second-order valence-electron chi connectivity index (χ2n) is 2.24. The molecule has 1 amide bonds. The zero-order valence-electron chi connectivity index (χ0n) is 7.37. The highest BCUT2D eigenvalue weighted by Crippen LogP contribution is 1.86. The molecule has 0 rings (SSSR count). The lowest BCUT2D eigenvalue weighted by molar-refractivity contribution is -0.124. The molecule has 0 aromatic carbocycles. The number of amides is 1. The average molecular weight is 153 g/mol. The molecule has 0 N–H and O–H groups in total. The van der Waals surface area contributed by atoms with Gasteiger partial charge in [0.25, 0.3) is 0 Å². The molecule has 2 heteroatoms. The van der Waals surface area contributed by atoms with Crippen LogP contribution in [0.15, 0.2) is 24.3 Å². The Morgan fingerprint density at radius 1 is 1.45 bits per heavy atom. The summed E-state index contributed by atoms with van der Waals surface area (Å²) in [4.78, 5) is 12.7. The molecule has 0 saturated carbocycles. The number of carbonyl (C=O) groups is 1. The maximum atomic E-state index is 11.1. The van der Waals surface area contributed by atoms with Crippen molar-refractivity contribution in [1.29, 1.82) is 0 Å². The third-order valence-electron chi connectivity index (χ3n) is 1.39. The molecule has 0 unspecified atom stereocenters. The topological polar surface area (TPSA) is 20.3 Å². The van der Waals surface area contributed by atoms with E-state index in [4.69, 9.17) is 0 Å². The lowest BCUT2D eigenvalue weighted by atomic mass is 10.4. The molecule has 0 fully saturated rings. The molecular weight excluding hydrogens is 138 g/mol. The SMILES string of the molecule is C/C=C/C=C/C(=O)N(C)CC. The van der Waals surface area contributed by atoms with Crippen LogP contribution in [0.4, 0.5) is 0 Å². The number of nitrogens with zero attached hydrogens (tertiary/aromatic N) is 1. The van der Waals surface area contributed by atoms with Crippen molar-refractivity contribution in [2.75, 3.05) is 13.6 Å². The van der Waals surface area contributed by atoms with Crippen molar-refractivity contribution < 1.29 is 4.79 Å². The molecule has 0 spiro atoms. The molecule has 0 saturated heterocycles. The van der Waals surface area contributed by atoms with Crippen LogP contribution in [0.25, 0.3) is 0 Å². The first-order valence-electron chi connectivity index (χ1n) is 3.76. The fraction of sp³-hybridized carbons (Fsp3) is 0.444. The van der Waals surface area contributed by atoms with E-state index in [1.54, 1.807) is 24.1 Å². The average Bonchev–Trinajstić information content (AvgIpc) is 2.03. The van der Waals surface area contributed by atoms with Gasteiger partial charge in [-0.3, -0.25) is 4.79 Å². The predicted molar refractivity (Wildman–Crippen MR) is 47.3 cm³/mol.